The molecule has 0 atom stereocenters. The summed E-state index contributed by atoms with van der Waals surface area (Å²) in [6.07, 6.45) is 1.72. The van der Waals surface area contributed by atoms with Gasteiger partial charge >= 0.3 is 6.09 Å². The molecule has 0 aliphatic carbocycles. The van der Waals surface area contributed by atoms with Crippen LogP contribution in [-0.2, 0) is 6.54 Å². The number of carbonyl (C=O) groups is 1. The van der Waals surface area contributed by atoms with E-state index in [9.17, 15) is 10.1 Å². The first kappa shape index (κ1) is 24.1. The molecule has 4 aromatic carbocycles. The number of nitrogens with zero attached hydrogens (tertiary/aromatic N) is 3. The van der Waals surface area contributed by atoms with Gasteiger partial charge in [0.25, 0.3) is 0 Å². The molecule has 0 spiro atoms. The number of amides is 1. The maximum Gasteiger partial charge on any atom is 0.415 e. The lowest BCUT2D eigenvalue weighted by atomic mass is 9.98. The molecule has 0 radical (unpaired) electrons. The van der Waals surface area contributed by atoms with Crippen LogP contribution in [0.25, 0.3) is 32.8 Å². The predicted octanol–water partition coefficient (Wildman–Crippen LogP) is 7.53. The lowest BCUT2D eigenvalue weighted by Gasteiger charge is -2.20. The number of carbonyl (C=O) groups excluding carboxylic acids is 1. The third-order valence-corrected chi connectivity index (χ3v) is 7.04. The molecular weight excluding hydrogens is 458 g/mol. The molecule has 5 heteroatoms. The average molecular weight is 488 g/mol. The minimum absolute atomic E-state index is 0.370. The van der Waals surface area contributed by atoms with Crippen molar-refractivity contribution in [3.8, 4) is 22.9 Å². The number of nitriles is 1. The Morgan fingerprint density at radius 1 is 0.919 bits per heavy atom. The molecule has 0 fully saturated rings. The largest absolute Gasteiger partial charge is 0.415 e. The summed E-state index contributed by atoms with van der Waals surface area (Å²) in [6, 6.07) is 28.4. The number of aryl methyl sites for hydroxylation is 1. The van der Waals surface area contributed by atoms with Crippen molar-refractivity contribution in [3.05, 3.63) is 102 Å². The van der Waals surface area contributed by atoms with Crippen LogP contribution in [0.4, 0.5) is 4.79 Å². The first-order chi connectivity index (χ1) is 18.0. The second-order valence-electron chi connectivity index (χ2n) is 9.13. The molecule has 5 aromatic rings. The van der Waals surface area contributed by atoms with Crippen molar-refractivity contribution < 1.29 is 9.53 Å². The van der Waals surface area contributed by atoms with Crippen LogP contribution in [-0.4, -0.2) is 28.6 Å². The molecule has 184 valence electrons. The molecule has 0 N–H and O–H groups in total. The zero-order valence-corrected chi connectivity index (χ0v) is 21.4. The zero-order chi connectivity index (χ0) is 25.9. The molecule has 1 aromatic heterocycles. The van der Waals surface area contributed by atoms with Crippen molar-refractivity contribution in [1.82, 2.24) is 9.47 Å². The summed E-state index contributed by atoms with van der Waals surface area (Å²) in [5, 5.41) is 12.7. The van der Waals surface area contributed by atoms with Crippen molar-refractivity contribution >= 4 is 27.8 Å². The van der Waals surface area contributed by atoms with Crippen molar-refractivity contribution in [2.45, 2.75) is 27.3 Å². The van der Waals surface area contributed by atoms with Crippen molar-refractivity contribution in [1.29, 1.82) is 5.26 Å². The molecule has 0 unspecified atom stereocenters. The Morgan fingerprint density at radius 2 is 1.68 bits per heavy atom. The van der Waals surface area contributed by atoms with Crippen LogP contribution < -0.4 is 4.74 Å². The normalized spacial score (nSPS) is 11.0. The van der Waals surface area contributed by atoms with E-state index in [1.807, 2.05) is 38.1 Å². The summed E-state index contributed by atoms with van der Waals surface area (Å²) in [5.74, 6) is 0.508. The number of ether oxygens (including phenoxy) is 1. The summed E-state index contributed by atoms with van der Waals surface area (Å²) in [5.41, 5.74) is 5.91. The average Bonchev–Trinajstić information content (AvgIpc) is 3.33. The van der Waals surface area contributed by atoms with Gasteiger partial charge in [-0.3, -0.25) is 0 Å². The highest BCUT2D eigenvalue weighted by atomic mass is 16.6. The van der Waals surface area contributed by atoms with Gasteiger partial charge in [0.2, 0.25) is 0 Å². The summed E-state index contributed by atoms with van der Waals surface area (Å²) < 4.78 is 8.17. The van der Waals surface area contributed by atoms with E-state index in [-0.39, 0.29) is 6.09 Å². The molecule has 5 rings (SSSR count). The lowest BCUT2D eigenvalue weighted by Crippen LogP contribution is -2.33. The minimum atomic E-state index is -0.370. The molecule has 0 aliphatic heterocycles. The summed E-state index contributed by atoms with van der Waals surface area (Å²) in [7, 11) is 0. The summed E-state index contributed by atoms with van der Waals surface area (Å²) in [6.45, 7) is 7.90. The van der Waals surface area contributed by atoms with Crippen molar-refractivity contribution in [2.75, 3.05) is 13.1 Å². The number of rotatable bonds is 6. The SMILES string of the molecule is CCN(CC)C(=O)Oc1ccc2c(ccn2Cc2c(C)ccc3ccccc23)c1-c1ccc(C#N)cc1. The predicted molar refractivity (Wildman–Crippen MR) is 149 cm³/mol. The second-order valence-corrected chi connectivity index (χ2v) is 9.13. The summed E-state index contributed by atoms with van der Waals surface area (Å²) in [4.78, 5) is 14.5. The maximum atomic E-state index is 12.9. The number of benzene rings is 4. The smallest absolute Gasteiger partial charge is 0.410 e. The van der Waals surface area contributed by atoms with Crippen LogP contribution in [0, 0.1) is 18.3 Å². The van der Waals surface area contributed by atoms with Gasteiger partial charge in [-0.25, -0.2) is 4.79 Å². The first-order valence-electron chi connectivity index (χ1n) is 12.6. The number of aromatic nitrogens is 1. The quantitative estimate of drug-likeness (QED) is 0.249. The Bertz CT molecular complexity index is 1640. The van der Waals surface area contributed by atoms with Gasteiger partial charge in [-0.05, 0) is 78.6 Å². The van der Waals surface area contributed by atoms with Crippen LogP contribution in [0.3, 0.4) is 0 Å². The highest BCUT2D eigenvalue weighted by Gasteiger charge is 2.19. The zero-order valence-electron chi connectivity index (χ0n) is 21.4. The van der Waals surface area contributed by atoms with E-state index in [2.05, 4.69) is 66.2 Å². The fraction of sp³-hybridized carbons (Fsp3) is 0.188. The third kappa shape index (κ3) is 4.54. The first-order valence-corrected chi connectivity index (χ1v) is 12.6. The topological polar surface area (TPSA) is 58.3 Å². The van der Waals surface area contributed by atoms with Gasteiger partial charge in [0.15, 0.2) is 0 Å². The van der Waals surface area contributed by atoms with Gasteiger partial charge in [0.05, 0.1) is 11.6 Å². The molecule has 1 heterocycles. The van der Waals surface area contributed by atoms with Gasteiger partial charge in [0, 0.05) is 42.3 Å². The van der Waals surface area contributed by atoms with Crippen molar-refractivity contribution in [2.24, 2.45) is 0 Å². The van der Waals surface area contributed by atoms with Crippen LogP contribution in [0.5, 0.6) is 5.75 Å². The molecule has 0 bridgehead atoms. The van der Waals surface area contributed by atoms with Gasteiger partial charge < -0.3 is 14.2 Å². The molecule has 0 aliphatic rings. The Balaban J connectivity index is 1.64. The molecule has 0 saturated heterocycles. The fourth-order valence-corrected chi connectivity index (χ4v) is 4.95. The molecular formula is C32H29N3O2. The van der Waals surface area contributed by atoms with Gasteiger partial charge in [-0.1, -0.05) is 48.5 Å². The highest BCUT2D eigenvalue weighted by Crippen LogP contribution is 2.38. The number of hydrogen-bond donors (Lipinski definition) is 0. The van der Waals surface area contributed by atoms with E-state index in [0.717, 1.165) is 28.6 Å². The Morgan fingerprint density at radius 3 is 2.41 bits per heavy atom. The van der Waals surface area contributed by atoms with Gasteiger partial charge in [0.1, 0.15) is 5.75 Å². The Labute approximate surface area is 217 Å². The van der Waals surface area contributed by atoms with Crippen LogP contribution in [0.15, 0.2) is 85.1 Å². The van der Waals surface area contributed by atoms with E-state index in [1.165, 1.54) is 21.9 Å². The van der Waals surface area contributed by atoms with E-state index in [1.54, 1.807) is 17.0 Å². The summed E-state index contributed by atoms with van der Waals surface area (Å²) >= 11 is 0. The van der Waals surface area contributed by atoms with Gasteiger partial charge in [-0.2, -0.15) is 5.26 Å². The van der Waals surface area contributed by atoms with E-state index >= 15 is 0 Å². The minimum Gasteiger partial charge on any atom is -0.410 e. The molecule has 5 nitrogen and oxygen atoms in total. The van der Waals surface area contributed by atoms with E-state index in [0.29, 0.717) is 24.4 Å². The molecule has 1 amide bonds. The Hall–Kier alpha value is -4.56. The molecule has 37 heavy (non-hydrogen) atoms. The highest BCUT2D eigenvalue weighted by molar-refractivity contribution is 6.00. The number of hydrogen-bond acceptors (Lipinski definition) is 3. The number of fused-ring (bicyclic) bond motifs is 2. The van der Waals surface area contributed by atoms with Gasteiger partial charge in [-0.15, -0.1) is 0 Å². The fourth-order valence-electron chi connectivity index (χ4n) is 4.95. The van der Waals surface area contributed by atoms with E-state index in [4.69, 9.17) is 4.74 Å². The van der Waals surface area contributed by atoms with Crippen molar-refractivity contribution in [3.63, 3.8) is 0 Å². The third-order valence-electron chi connectivity index (χ3n) is 7.04. The standard InChI is InChI=1S/C32H29N3O2/c1-4-34(5-2)32(36)37-30-17-16-29-27(31(30)25-14-11-23(20-33)12-15-25)18-19-35(29)21-28-22(3)10-13-24-8-6-7-9-26(24)28/h6-19H,4-5,21H2,1-3H3. The van der Waals surface area contributed by atoms with Crippen LogP contribution in [0.2, 0.25) is 0 Å². The second kappa shape index (κ2) is 10.2. The van der Waals surface area contributed by atoms with E-state index < -0.39 is 0 Å². The molecule has 0 saturated carbocycles. The monoisotopic (exact) mass is 487 g/mol. The van der Waals surface area contributed by atoms with Crippen LogP contribution >= 0.6 is 0 Å². The van der Waals surface area contributed by atoms with Crippen LogP contribution in [0.1, 0.15) is 30.5 Å². The Kier molecular flexibility index (Phi) is 6.66. The maximum absolute atomic E-state index is 12.9. The lowest BCUT2D eigenvalue weighted by molar-refractivity contribution is 0.157.